The van der Waals surface area contributed by atoms with E-state index < -0.39 is 0 Å². The standard InChI is InChI=1S/C9H14BN/c1-7-4-5-9(3,10)8(2)11-6-7/h6H,4-5H2,1-3H3. The molecule has 1 atom stereocenters. The topological polar surface area (TPSA) is 12.4 Å². The summed E-state index contributed by atoms with van der Waals surface area (Å²) in [5, 5.41) is -0.200. The summed E-state index contributed by atoms with van der Waals surface area (Å²) in [5.41, 5.74) is 2.35. The number of rotatable bonds is 0. The van der Waals surface area contributed by atoms with E-state index in [-0.39, 0.29) is 5.31 Å². The van der Waals surface area contributed by atoms with Crippen molar-refractivity contribution in [2.24, 2.45) is 4.99 Å². The van der Waals surface area contributed by atoms with E-state index in [9.17, 15) is 0 Å². The first-order chi connectivity index (χ1) is 5.02. The van der Waals surface area contributed by atoms with Gasteiger partial charge in [-0.25, -0.2) is 0 Å². The molecule has 58 valence electrons. The second-order valence-electron chi connectivity index (χ2n) is 3.61. The molecule has 0 bridgehead atoms. The Labute approximate surface area is 70.0 Å². The van der Waals surface area contributed by atoms with Crippen molar-refractivity contribution < 1.29 is 0 Å². The van der Waals surface area contributed by atoms with E-state index in [4.69, 9.17) is 7.85 Å². The molecule has 0 amide bonds. The van der Waals surface area contributed by atoms with Crippen molar-refractivity contribution in [3.8, 4) is 0 Å². The molecule has 0 N–H and O–H groups in total. The van der Waals surface area contributed by atoms with Crippen LogP contribution < -0.4 is 0 Å². The zero-order chi connectivity index (χ0) is 8.48. The Balaban J connectivity index is 2.85. The van der Waals surface area contributed by atoms with Gasteiger partial charge in [-0.15, -0.1) is 0 Å². The summed E-state index contributed by atoms with van der Waals surface area (Å²) < 4.78 is 0. The molecule has 11 heavy (non-hydrogen) atoms. The lowest BCUT2D eigenvalue weighted by Gasteiger charge is -2.23. The van der Waals surface area contributed by atoms with Gasteiger partial charge in [0.1, 0.15) is 0 Å². The Kier molecular flexibility index (Phi) is 2.21. The number of aliphatic imine (C=N–C) groups is 1. The van der Waals surface area contributed by atoms with Crippen LogP contribution in [-0.2, 0) is 0 Å². The zero-order valence-electron chi connectivity index (χ0n) is 7.52. The molecule has 0 aromatic heterocycles. The largest absolute Gasteiger partial charge is 0.266 e. The highest BCUT2D eigenvalue weighted by Gasteiger charge is 2.21. The smallest absolute Gasteiger partial charge is 0.0823 e. The fraction of sp³-hybridized carbons (Fsp3) is 0.667. The summed E-state index contributed by atoms with van der Waals surface area (Å²) in [6, 6.07) is 0. The minimum atomic E-state index is -0.200. The second-order valence-corrected chi connectivity index (χ2v) is 3.61. The van der Waals surface area contributed by atoms with Crippen LogP contribution in [0.15, 0.2) is 16.8 Å². The SMILES string of the molecule is [B]C1(C)CCC(C)=CN=C1C. The molecular weight excluding hydrogens is 133 g/mol. The minimum absolute atomic E-state index is 0.200. The van der Waals surface area contributed by atoms with Crippen LogP contribution in [0.1, 0.15) is 33.6 Å². The van der Waals surface area contributed by atoms with Crippen molar-refractivity contribution in [2.75, 3.05) is 0 Å². The highest BCUT2D eigenvalue weighted by atomic mass is 14.7. The minimum Gasteiger partial charge on any atom is -0.266 e. The van der Waals surface area contributed by atoms with Crippen LogP contribution in [0.3, 0.4) is 0 Å². The maximum Gasteiger partial charge on any atom is 0.0823 e. The molecule has 1 aliphatic heterocycles. The fourth-order valence-electron chi connectivity index (χ4n) is 1.06. The van der Waals surface area contributed by atoms with Gasteiger partial charge in [-0.2, -0.15) is 0 Å². The van der Waals surface area contributed by atoms with Crippen molar-refractivity contribution in [1.29, 1.82) is 0 Å². The predicted molar refractivity (Wildman–Crippen MR) is 50.2 cm³/mol. The molecule has 0 spiro atoms. The van der Waals surface area contributed by atoms with Gasteiger partial charge in [0, 0.05) is 11.9 Å². The van der Waals surface area contributed by atoms with Crippen molar-refractivity contribution in [3.05, 3.63) is 11.8 Å². The summed E-state index contributed by atoms with van der Waals surface area (Å²) in [5.74, 6) is 0. The van der Waals surface area contributed by atoms with Crippen molar-refractivity contribution in [2.45, 2.75) is 38.9 Å². The third-order valence-electron chi connectivity index (χ3n) is 2.34. The van der Waals surface area contributed by atoms with Gasteiger partial charge in [0.05, 0.1) is 7.85 Å². The fourth-order valence-corrected chi connectivity index (χ4v) is 1.06. The third kappa shape index (κ3) is 1.95. The summed E-state index contributed by atoms with van der Waals surface area (Å²) >= 11 is 0. The summed E-state index contributed by atoms with van der Waals surface area (Å²) in [6.45, 7) is 6.13. The highest BCUT2D eigenvalue weighted by molar-refractivity contribution is 6.29. The maximum atomic E-state index is 6.02. The average Bonchev–Trinajstić information content (AvgIpc) is 2.03. The molecule has 2 radical (unpaired) electrons. The number of hydrogen-bond donors (Lipinski definition) is 0. The molecule has 2 heteroatoms. The quantitative estimate of drug-likeness (QED) is 0.466. The zero-order valence-corrected chi connectivity index (χ0v) is 7.52. The molecule has 0 aromatic carbocycles. The van der Waals surface area contributed by atoms with Gasteiger partial charge in [0.15, 0.2) is 0 Å². The molecule has 1 aliphatic rings. The normalized spacial score (nSPS) is 32.3. The van der Waals surface area contributed by atoms with Crippen LogP contribution in [0.25, 0.3) is 0 Å². The first kappa shape index (κ1) is 8.57. The molecule has 1 unspecified atom stereocenters. The number of hydrogen-bond acceptors (Lipinski definition) is 1. The molecule has 1 rings (SSSR count). The van der Waals surface area contributed by atoms with Crippen molar-refractivity contribution >= 4 is 13.6 Å². The van der Waals surface area contributed by atoms with E-state index in [1.165, 1.54) is 5.57 Å². The molecular formula is C9H14BN. The first-order valence-corrected chi connectivity index (χ1v) is 4.02. The number of nitrogens with zero attached hydrogens (tertiary/aromatic N) is 1. The van der Waals surface area contributed by atoms with Crippen LogP contribution in [0.4, 0.5) is 0 Å². The Hall–Kier alpha value is -0.525. The third-order valence-corrected chi connectivity index (χ3v) is 2.34. The predicted octanol–water partition coefficient (Wildman–Crippen LogP) is 2.49. The lowest BCUT2D eigenvalue weighted by molar-refractivity contribution is 0.704. The van der Waals surface area contributed by atoms with E-state index in [1.807, 2.05) is 20.0 Å². The van der Waals surface area contributed by atoms with Gasteiger partial charge >= 0.3 is 0 Å². The van der Waals surface area contributed by atoms with Gasteiger partial charge in [-0.05, 0) is 32.0 Å². The van der Waals surface area contributed by atoms with E-state index >= 15 is 0 Å². The van der Waals surface area contributed by atoms with Crippen LogP contribution in [0.5, 0.6) is 0 Å². The average molecular weight is 147 g/mol. The van der Waals surface area contributed by atoms with Crippen LogP contribution in [-0.4, -0.2) is 13.6 Å². The summed E-state index contributed by atoms with van der Waals surface area (Å²) in [7, 11) is 6.02. The Bertz CT molecular complexity index is 214. The molecule has 0 aromatic rings. The van der Waals surface area contributed by atoms with Crippen LogP contribution in [0.2, 0.25) is 5.31 Å². The Morgan fingerprint density at radius 2 is 2.18 bits per heavy atom. The summed E-state index contributed by atoms with van der Waals surface area (Å²) in [6.07, 6.45) is 3.99. The molecule has 0 saturated carbocycles. The molecule has 0 saturated heterocycles. The molecule has 0 aliphatic carbocycles. The van der Waals surface area contributed by atoms with Gasteiger partial charge < -0.3 is 0 Å². The highest BCUT2D eigenvalue weighted by Crippen LogP contribution is 2.32. The van der Waals surface area contributed by atoms with Crippen LogP contribution >= 0.6 is 0 Å². The lowest BCUT2D eigenvalue weighted by atomic mass is 9.64. The first-order valence-electron chi connectivity index (χ1n) is 4.02. The van der Waals surface area contributed by atoms with Crippen molar-refractivity contribution in [3.63, 3.8) is 0 Å². The van der Waals surface area contributed by atoms with Crippen molar-refractivity contribution in [1.82, 2.24) is 0 Å². The maximum absolute atomic E-state index is 6.02. The van der Waals surface area contributed by atoms with Crippen LogP contribution in [0, 0.1) is 0 Å². The summed E-state index contributed by atoms with van der Waals surface area (Å²) in [4.78, 5) is 4.29. The van der Waals surface area contributed by atoms with E-state index in [1.54, 1.807) is 0 Å². The monoisotopic (exact) mass is 147 g/mol. The Morgan fingerprint density at radius 1 is 1.55 bits per heavy atom. The van der Waals surface area contributed by atoms with E-state index in [2.05, 4.69) is 11.9 Å². The van der Waals surface area contributed by atoms with E-state index in [0.29, 0.717) is 0 Å². The molecule has 1 heterocycles. The van der Waals surface area contributed by atoms with Gasteiger partial charge in [0.2, 0.25) is 0 Å². The van der Waals surface area contributed by atoms with Gasteiger partial charge in [0.25, 0.3) is 0 Å². The Morgan fingerprint density at radius 3 is 2.82 bits per heavy atom. The van der Waals surface area contributed by atoms with E-state index in [0.717, 1.165) is 18.6 Å². The molecule has 0 fully saturated rings. The van der Waals surface area contributed by atoms with Gasteiger partial charge in [-0.3, -0.25) is 4.99 Å². The number of allylic oxidation sites excluding steroid dienone is 1. The van der Waals surface area contributed by atoms with Gasteiger partial charge in [-0.1, -0.05) is 12.5 Å². The molecule has 1 nitrogen and oxygen atoms in total. The second kappa shape index (κ2) is 2.84. The lowest BCUT2D eigenvalue weighted by Crippen LogP contribution is -2.16.